The number of amides is 1. The van der Waals surface area contributed by atoms with Crippen molar-refractivity contribution in [2.75, 3.05) is 33.5 Å². The fourth-order valence-electron chi connectivity index (χ4n) is 7.82. The second-order valence-electron chi connectivity index (χ2n) is 17.3. The Morgan fingerprint density at radius 1 is 0.590 bits per heavy atom. The van der Waals surface area contributed by atoms with Crippen LogP contribution in [0.3, 0.4) is 0 Å². The maximum Gasteiger partial charge on any atom is 0.341 e. The van der Waals surface area contributed by atoms with Crippen molar-refractivity contribution in [2.24, 2.45) is 5.18 Å². The summed E-state index contributed by atoms with van der Waals surface area (Å²) in [6, 6.07) is 24.3. The van der Waals surface area contributed by atoms with E-state index in [4.69, 9.17) is 23.7 Å². The number of benzene rings is 4. The summed E-state index contributed by atoms with van der Waals surface area (Å²) in [5.41, 5.74) is 6.61. The van der Waals surface area contributed by atoms with Crippen molar-refractivity contribution in [3.63, 3.8) is 0 Å². The monoisotopic (exact) mass is 833 g/mol. The third-order valence-electron chi connectivity index (χ3n) is 11.1. The first-order chi connectivity index (χ1) is 29.0. The average Bonchev–Trinajstić information content (AvgIpc) is 3.52. The van der Waals surface area contributed by atoms with Gasteiger partial charge in [-0.05, 0) is 119 Å². The summed E-state index contributed by atoms with van der Waals surface area (Å²) in [6.45, 7) is 17.2. The van der Waals surface area contributed by atoms with E-state index in [0.29, 0.717) is 37.2 Å². The molecule has 61 heavy (non-hydrogen) atoms. The van der Waals surface area contributed by atoms with Gasteiger partial charge in [-0.2, -0.15) is 0 Å². The lowest BCUT2D eigenvalue weighted by atomic mass is 9.66. The zero-order chi connectivity index (χ0) is 44.5. The topological polar surface area (TPSA) is 144 Å². The molecular formula is C50H59NO10. The van der Waals surface area contributed by atoms with Crippen molar-refractivity contribution in [1.29, 1.82) is 0 Å². The molecular weight excluding hydrogens is 775 g/mol. The molecule has 0 spiro atoms. The van der Waals surface area contributed by atoms with Gasteiger partial charge in [0.15, 0.2) is 0 Å². The Morgan fingerprint density at radius 3 is 1.43 bits per heavy atom. The standard InChI is InChI=1S/C50H59NO10/c1-10-58-46(54)38-28-34(20-24-42(38)60-26-14-12-16-44(52)51-56)50(35-21-25-43(39(29-35)47(55)59-11-2)61-27-15-13-17-45(53)57-9)40-30-32(48(3,4)5)18-22-36(40)37-23-19-33(31-41(37)50)49(6,7)8/h18-25,28-31H,10-17,26-27H2,1-9H3. The molecule has 11 nitrogen and oxygen atoms in total. The number of hydrogen-bond donors (Lipinski definition) is 0. The number of fused-ring (bicyclic) bond motifs is 3. The van der Waals surface area contributed by atoms with Gasteiger partial charge in [-0.3, -0.25) is 9.59 Å². The molecule has 0 radical (unpaired) electrons. The van der Waals surface area contributed by atoms with Crippen molar-refractivity contribution >= 4 is 23.8 Å². The number of hydrogen-bond acceptors (Lipinski definition) is 10. The highest BCUT2D eigenvalue weighted by Gasteiger charge is 2.48. The number of nitroso groups, excluding NO2 is 1. The van der Waals surface area contributed by atoms with Gasteiger partial charge in [-0.1, -0.05) is 90.1 Å². The number of carbonyl (C=O) groups is 4. The van der Waals surface area contributed by atoms with Crippen molar-refractivity contribution < 1.29 is 42.9 Å². The normalized spacial score (nSPS) is 12.8. The van der Waals surface area contributed by atoms with Gasteiger partial charge in [-0.25, -0.2) is 9.59 Å². The molecule has 0 heterocycles. The van der Waals surface area contributed by atoms with Crippen LogP contribution in [0.2, 0.25) is 0 Å². The quantitative estimate of drug-likeness (QED) is 0.0362. The lowest BCUT2D eigenvalue weighted by Crippen LogP contribution is -2.30. The fraction of sp³-hybridized carbons (Fsp3) is 0.440. The maximum atomic E-state index is 13.9. The highest BCUT2D eigenvalue weighted by atomic mass is 16.5. The van der Waals surface area contributed by atoms with Gasteiger partial charge in [0.25, 0.3) is 5.91 Å². The molecule has 1 aliphatic carbocycles. The van der Waals surface area contributed by atoms with Gasteiger partial charge in [0, 0.05) is 18.0 Å². The van der Waals surface area contributed by atoms with E-state index in [1.54, 1.807) is 26.0 Å². The molecule has 0 bridgehead atoms. The van der Waals surface area contributed by atoms with E-state index in [2.05, 4.69) is 83.1 Å². The Hall–Kier alpha value is -5.84. The molecule has 0 fully saturated rings. The first-order valence-electron chi connectivity index (χ1n) is 21.1. The molecule has 0 unspecified atom stereocenters. The largest absolute Gasteiger partial charge is 0.493 e. The van der Waals surface area contributed by atoms with Gasteiger partial charge in [0.2, 0.25) is 0 Å². The van der Waals surface area contributed by atoms with Crippen LogP contribution in [0.15, 0.2) is 78.0 Å². The molecule has 0 aromatic heterocycles. The van der Waals surface area contributed by atoms with Crippen LogP contribution in [-0.4, -0.2) is 57.4 Å². The smallest absolute Gasteiger partial charge is 0.341 e. The number of nitrogens with zero attached hydrogens (tertiary/aromatic N) is 1. The van der Waals surface area contributed by atoms with Gasteiger partial charge in [0.1, 0.15) is 22.6 Å². The molecule has 4 aromatic rings. The van der Waals surface area contributed by atoms with E-state index in [1.165, 1.54) is 7.11 Å². The van der Waals surface area contributed by atoms with E-state index >= 15 is 0 Å². The van der Waals surface area contributed by atoms with Crippen LogP contribution in [0.1, 0.15) is 148 Å². The summed E-state index contributed by atoms with van der Waals surface area (Å²) in [6.07, 6.45) is 2.25. The summed E-state index contributed by atoms with van der Waals surface area (Å²) in [5, 5.41) is 2.47. The van der Waals surface area contributed by atoms with E-state index in [9.17, 15) is 24.1 Å². The molecule has 324 valence electrons. The van der Waals surface area contributed by atoms with Crippen LogP contribution in [0.5, 0.6) is 11.5 Å². The number of unbranched alkanes of at least 4 members (excludes halogenated alkanes) is 2. The van der Waals surface area contributed by atoms with Crippen molar-refractivity contribution in [2.45, 2.75) is 110 Å². The van der Waals surface area contributed by atoms with E-state index < -0.39 is 23.3 Å². The predicted octanol–water partition coefficient (Wildman–Crippen LogP) is 10.6. The predicted molar refractivity (Wildman–Crippen MR) is 235 cm³/mol. The zero-order valence-electron chi connectivity index (χ0n) is 37.0. The van der Waals surface area contributed by atoms with Crippen molar-refractivity contribution in [3.05, 3.63) is 122 Å². The van der Waals surface area contributed by atoms with Crippen LogP contribution in [0, 0.1) is 4.91 Å². The van der Waals surface area contributed by atoms with Gasteiger partial charge < -0.3 is 23.7 Å². The number of rotatable bonds is 18. The molecule has 0 aliphatic heterocycles. The minimum atomic E-state index is -1.09. The van der Waals surface area contributed by atoms with Crippen molar-refractivity contribution in [3.8, 4) is 22.6 Å². The minimum absolute atomic E-state index is 0.0119. The summed E-state index contributed by atoms with van der Waals surface area (Å²) in [5.74, 6) is -1.47. The first kappa shape index (κ1) is 46.2. The van der Waals surface area contributed by atoms with Gasteiger partial charge >= 0.3 is 17.9 Å². The van der Waals surface area contributed by atoms with Crippen LogP contribution in [0.25, 0.3) is 11.1 Å². The second-order valence-corrected chi connectivity index (χ2v) is 17.3. The molecule has 1 amide bonds. The lowest BCUT2D eigenvalue weighted by molar-refractivity contribution is -0.140. The van der Waals surface area contributed by atoms with Crippen molar-refractivity contribution in [1.82, 2.24) is 0 Å². The van der Waals surface area contributed by atoms with Crippen LogP contribution in [0.4, 0.5) is 0 Å². The number of ether oxygens (including phenoxy) is 5. The van der Waals surface area contributed by atoms with Gasteiger partial charge in [0.05, 0.1) is 39.0 Å². The molecule has 11 heteroatoms. The molecule has 0 saturated heterocycles. The highest BCUT2D eigenvalue weighted by Crippen LogP contribution is 2.58. The summed E-state index contributed by atoms with van der Waals surface area (Å²) in [7, 11) is 1.36. The van der Waals surface area contributed by atoms with Gasteiger partial charge in [-0.15, -0.1) is 4.91 Å². The number of carbonyl (C=O) groups excluding carboxylic acids is 4. The number of esters is 3. The van der Waals surface area contributed by atoms with E-state index in [0.717, 1.165) is 44.5 Å². The molecule has 0 saturated carbocycles. The molecule has 1 aliphatic rings. The Labute approximate surface area is 359 Å². The first-order valence-corrected chi connectivity index (χ1v) is 21.1. The third kappa shape index (κ3) is 10.2. The van der Waals surface area contributed by atoms with Crippen LogP contribution < -0.4 is 9.47 Å². The molecule has 5 rings (SSSR count). The molecule has 0 atom stereocenters. The van der Waals surface area contributed by atoms with Crippen LogP contribution >= 0.6 is 0 Å². The second kappa shape index (κ2) is 19.7. The fourth-order valence-corrected chi connectivity index (χ4v) is 7.82. The summed E-state index contributed by atoms with van der Waals surface area (Å²) >= 11 is 0. The lowest BCUT2D eigenvalue weighted by Gasteiger charge is -2.36. The Kier molecular flexibility index (Phi) is 14.9. The maximum absolute atomic E-state index is 13.9. The van der Waals surface area contributed by atoms with E-state index in [-0.39, 0.29) is 67.2 Å². The highest BCUT2D eigenvalue weighted by molar-refractivity contribution is 5.96. The SMILES string of the molecule is CCOC(=O)c1cc(C2(c3ccc(OCCCCC(=O)OC)c(C(=O)OCC)c3)c3cc(C(C)(C)C)ccc3-c3ccc(C(C)(C)C)cc32)ccc1OCCCCC(=O)N=O. The zero-order valence-corrected chi connectivity index (χ0v) is 37.0. The van der Waals surface area contributed by atoms with E-state index in [1.807, 2.05) is 24.3 Å². The number of methoxy groups -OCH3 is 1. The Balaban J connectivity index is 1.81. The third-order valence-corrected chi connectivity index (χ3v) is 11.1. The Morgan fingerprint density at radius 2 is 1.03 bits per heavy atom. The molecule has 4 aromatic carbocycles. The van der Waals surface area contributed by atoms with Crippen LogP contribution in [-0.2, 0) is 40.0 Å². The Bertz CT molecular complexity index is 2200. The average molecular weight is 834 g/mol. The summed E-state index contributed by atoms with van der Waals surface area (Å²) < 4.78 is 28.5. The summed E-state index contributed by atoms with van der Waals surface area (Å²) in [4.78, 5) is 61.7. The minimum Gasteiger partial charge on any atom is -0.493 e. The molecule has 0 N–H and O–H groups in total.